The zero-order chi connectivity index (χ0) is 23.2. The average Bonchev–Trinajstić information content (AvgIpc) is 2.64. The molecule has 1 rings (SSSR count). The molecule has 1 aromatic carbocycles. The van der Waals surface area contributed by atoms with Crippen molar-refractivity contribution in [3.05, 3.63) is 22.3 Å². The van der Waals surface area contributed by atoms with E-state index in [9.17, 15) is 22.8 Å². The number of rotatable bonds is 9. The minimum absolute atomic E-state index is 0.110. The highest BCUT2D eigenvalue weighted by molar-refractivity contribution is 7.85. The third kappa shape index (κ3) is 6.12. The number of carbonyl (C=O) groups excluding carboxylic acids is 3. The van der Waals surface area contributed by atoms with E-state index in [4.69, 9.17) is 32.8 Å². The van der Waals surface area contributed by atoms with Gasteiger partial charge in [0.05, 0.1) is 34.8 Å². The zero-order valence-electron chi connectivity index (χ0n) is 17.0. The number of nitrogens with zero attached hydrogens (tertiary/aromatic N) is 1. The van der Waals surface area contributed by atoms with Crippen LogP contribution in [-0.2, 0) is 43.4 Å². The van der Waals surface area contributed by atoms with Crippen molar-refractivity contribution in [2.24, 2.45) is 0 Å². The molecule has 0 spiro atoms. The lowest BCUT2D eigenvalue weighted by molar-refractivity contribution is -0.116. The number of ether oxygens (including phenoxy) is 1. The molecule has 30 heavy (non-hydrogen) atoms. The van der Waals surface area contributed by atoms with Crippen LogP contribution in [0.5, 0.6) is 0 Å². The van der Waals surface area contributed by atoms with E-state index in [1.54, 1.807) is 0 Å². The molecule has 1 aromatic rings. The van der Waals surface area contributed by atoms with E-state index in [0.29, 0.717) is 5.56 Å². The molecule has 2 amide bonds. The molecule has 13 heteroatoms. The lowest BCUT2D eigenvalue weighted by Gasteiger charge is -2.29. The molecule has 9 nitrogen and oxygen atoms in total. The maximum atomic E-state index is 12.8. The van der Waals surface area contributed by atoms with Gasteiger partial charge in [-0.25, -0.2) is 4.79 Å². The summed E-state index contributed by atoms with van der Waals surface area (Å²) in [6.07, 6.45) is -0.543. The van der Waals surface area contributed by atoms with Crippen LogP contribution in [0.1, 0.15) is 40.9 Å². The minimum atomic E-state index is -4.35. The van der Waals surface area contributed by atoms with Gasteiger partial charge in [-0.15, -0.1) is 0 Å². The summed E-state index contributed by atoms with van der Waals surface area (Å²) in [6, 6.07) is 0. The topological polar surface area (TPSA) is 130 Å². The van der Waals surface area contributed by atoms with Crippen molar-refractivity contribution in [2.45, 2.75) is 32.8 Å². The molecule has 0 aromatic heterocycles. The summed E-state index contributed by atoms with van der Waals surface area (Å²) < 4.78 is 35.6. The van der Waals surface area contributed by atoms with E-state index < -0.39 is 34.4 Å². The number of anilines is 2. The van der Waals surface area contributed by atoms with E-state index in [-0.39, 0.29) is 52.9 Å². The molecule has 0 fully saturated rings. The molecule has 0 bridgehead atoms. The van der Waals surface area contributed by atoms with Crippen molar-refractivity contribution in [1.82, 2.24) is 0 Å². The normalized spacial score (nSPS) is 11.1. The SMILES string of the molecule is [B]Cc1c(NC(C)=O)c(C[B])c(N(C)C(C)=O)c(C[B])c1C(=O)OCCS(=O)(=O)O. The summed E-state index contributed by atoms with van der Waals surface area (Å²) in [5.74, 6) is -2.65. The summed E-state index contributed by atoms with van der Waals surface area (Å²) in [5, 5.41) is 2.58. The van der Waals surface area contributed by atoms with Gasteiger partial charge in [0.1, 0.15) is 12.4 Å². The number of hydrogen-bond donors (Lipinski definition) is 2. The first-order chi connectivity index (χ1) is 13.9. The Hall–Kier alpha value is -2.27. The first-order valence-corrected chi connectivity index (χ1v) is 10.4. The Kier molecular flexibility index (Phi) is 9.17. The second-order valence-corrected chi connectivity index (χ2v) is 7.90. The summed E-state index contributed by atoms with van der Waals surface area (Å²) >= 11 is 0. The lowest BCUT2D eigenvalue weighted by Crippen LogP contribution is -2.29. The van der Waals surface area contributed by atoms with Gasteiger partial charge in [-0.1, -0.05) is 19.0 Å². The molecule has 0 aliphatic rings. The largest absolute Gasteiger partial charge is 0.461 e. The van der Waals surface area contributed by atoms with Crippen LogP contribution in [0.15, 0.2) is 0 Å². The molecule has 0 unspecified atom stereocenters. The molecule has 0 aliphatic heterocycles. The number of benzene rings is 1. The van der Waals surface area contributed by atoms with Gasteiger partial charge in [0, 0.05) is 26.6 Å². The van der Waals surface area contributed by atoms with Crippen LogP contribution in [-0.4, -0.2) is 73.7 Å². The fourth-order valence-corrected chi connectivity index (χ4v) is 3.25. The Labute approximate surface area is 179 Å². The van der Waals surface area contributed by atoms with Gasteiger partial charge in [-0.2, -0.15) is 8.42 Å². The van der Waals surface area contributed by atoms with Crippen LogP contribution >= 0.6 is 0 Å². The van der Waals surface area contributed by atoms with Gasteiger partial charge >= 0.3 is 5.97 Å². The molecule has 6 radical (unpaired) electrons. The Bertz CT molecular complexity index is 951. The van der Waals surface area contributed by atoms with Crippen LogP contribution < -0.4 is 10.2 Å². The summed E-state index contributed by atoms with van der Waals surface area (Å²) in [5.41, 5.74) is 0.964. The monoisotopic (exact) mass is 430 g/mol. The molecule has 0 atom stereocenters. The molecule has 2 N–H and O–H groups in total. The van der Waals surface area contributed by atoms with Crippen LogP contribution in [0.25, 0.3) is 0 Å². The van der Waals surface area contributed by atoms with Gasteiger partial charge in [0.25, 0.3) is 10.1 Å². The third-order valence-corrected chi connectivity index (χ3v) is 4.96. The second-order valence-electron chi connectivity index (χ2n) is 6.33. The van der Waals surface area contributed by atoms with Crippen molar-refractivity contribution >= 4 is 62.8 Å². The smallest absolute Gasteiger partial charge is 0.338 e. The number of hydrogen-bond acceptors (Lipinski definition) is 6. The average molecular weight is 430 g/mol. The molecular formula is C17H21B3N2O7S. The first kappa shape index (κ1) is 25.8. The van der Waals surface area contributed by atoms with Crippen molar-refractivity contribution in [2.75, 3.05) is 29.6 Å². The van der Waals surface area contributed by atoms with Crippen LogP contribution in [0.2, 0.25) is 0 Å². The summed E-state index contributed by atoms with van der Waals surface area (Å²) in [7, 11) is 14.7. The summed E-state index contributed by atoms with van der Waals surface area (Å²) in [4.78, 5) is 37.9. The minimum Gasteiger partial charge on any atom is -0.461 e. The van der Waals surface area contributed by atoms with Gasteiger partial charge in [-0.3, -0.25) is 14.1 Å². The zero-order valence-corrected chi connectivity index (χ0v) is 17.8. The Morgan fingerprint density at radius 1 is 1.03 bits per heavy atom. The number of carbonyl (C=O) groups is 3. The van der Waals surface area contributed by atoms with Crippen molar-refractivity contribution in [1.29, 1.82) is 0 Å². The molecule has 156 valence electrons. The quantitative estimate of drug-likeness (QED) is 0.312. The van der Waals surface area contributed by atoms with Crippen LogP contribution in [0, 0.1) is 0 Å². The Morgan fingerprint density at radius 3 is 1.97 bits per heavy atom. The summed E-state index contributed by atoms with van der Waals surface area (Å²) in [6.45, 7) is 1.91. The van der Waals surface area contributed by atoms with Gasteiger partial charge in [0.2, 0.25) is 11.8 Å². The standard InChI is InChI=1S/C17H21B3N2O7S/c1-9(23)21-15-11(6-18)14(17(25)29-4-5-30(26,27)28)12(7-19)16(13(15)8-20)22(3)10(2)24/h4-8H2,1-3H3,(H,21,23)(H,26,27,28). The Morgan fingerprint density at radius 2 is 1.57 bits per heavy atom. The maximum Gasteiger partial charge on any atom is 0.338 e. The fraction of sp³-hybridized carbons (Fsp3) is 0.471. The predicted molar refractivity (Wildman–Crippen MR) is 115 cm³/mol. The molecule has 0 heterocycles. The van der Waals surface area contributed by atoms with Crippen molar-refractivity contribution in [3.63, 3.8) is 0 Å². The fourth-order valence-electron chi connectivity index (χ4n) is 2.96. The van der Waals surface area contributed by atoms with Gasteiger partial charge in [-0.05, 0) is 16.7 Å². The highest BCUT2D eigenvalue weighted by Crippen LogP contribution is 2.39. The van der Waals surface area contributed by atoms with Crippen LogP contribution in [0.3, 0.4) is 0 Å². The van der Waals surface area contributed by atoms with Crippen molar-refractivity contribution < 1.29 is 32.1 Å². The van der Waals surface area contributed by atoms with E-state index in [1.807, 2.05) is 0 Å². The predicted octanol–water partition coefficient (Wildman–Crippen LogP) is -0.322. The molecule has 0 aliphatic carbocycles. The van der Waals surface area contributed by atoms with E-state index in [2.05, 4.69) is 5.32 Å². The van der Waals surface area contributed by atoms with Gasteiger partial charge < -0.3 is 15.0 Å². The third-order valence-electron chi connectivity index (χ3n) is 4.28. The van der Waals surface area contributed by atoms with Crippen molar-refractivity contribution in [3.8, 4) is 0 Å². The molecule has 0 saturated carbocycles. The second kappa shape index (κ2) is 10.7. The number of nitrogens with one attached hydrogen (secondary N) is 1. The molecular weight excluding hydrogens is 409 g/mol. The molecule has 0 saturated heterocycles. The number of amides is 2. The van der Waals surface area contributed by atoms with E-state index >= 15 is 0 Å². The maximum absolute atomic E-state index is 12.8. The van der Waals surface area contributed by atoms with Gasteiger partial charge in [0.15, 0.2) is 0 Å². The number of esters is 1. The Balaban J connectivity index is 3.83. The lowest BCUT2D eigenvalue weighted by atomic mass is 9.78. The van der Waals surface area contributed by atoms with E-state index in [1.165, 1.54) is 25.8 Å². The highest BCUT2D eigenvalue weighted by atomic mass is 32.2. The van der Waals surface area contributed by atoms with Crippen LogP contribution in [0.4, 0.5) is 11.4 Å². The highest BCUT2D eigenvalue weighted by Gasteiger charge is 2.29. The first-order valence-electron chi connectivity index (χ1n) is 8.84. The van der Waals surface area contributed by atoms with E-state index in [0.717, 1.165) is 0 Å².